The highest BCUT2D eigenvalue weighted by atomic mass is 16.5. The second-order valence-electron chi connectivity index (χ2n) is 5.15. The summed E-state index contributed by atoms with van der Waals surface area (Å²) in [6.07, 6.45) is 2.65. The minimum absolute atomic E-state index is 0.0957. The Labute approximate surface area is 97.6 Å². The molecule has 92 valence electrons. The van der Waals surface area contributed by atoms with E-state index >= 15 is 0 Å². The molecule has 1 atom stereocenters. The smallest absolute Gasteiger partial charge is 0.228 e. The second kappa shape index (κ2) is 5.99. The van der Waals surface area contributed by atoms with Gasteiger partial charge in [-0.2, -0.15) is 4.98 Å². The van der Waals surface area contributed by atoms with E-state index in [0.717, 1.165) is 18.7 Å². The first-order valence-corrected chi connectivity index (χ1v) is 6.06. The largest absolute Gasteiger partial charge is 0.339 e. The number of nitrogens with zero attached hydrogens (tertiary/aromatic N) is 2. The fraction of sp³-hybridized carbons (Fsp3) is 0.833. The van der Waals surface area contributed by atoms with Crippen molar-refractivity contribution in [2.75, 3.05) is 0 Å². The van der Waals surface area contributed by atoms with Crippen LogP contribution in [0.5, 0.6) is 0 Å². The predicted molar refractivity (Wildman–Crippen MR) is 64.0 cm³/mol. The standard InChI is InChI=1S/C12H23N3O/c1-8(2)5-6-11-14-12(16-15-11)7-10(13)9(3)4/h8-10H,5-7,13H2,1-4H3. The van der Waals surface area contributed by atoms with Crippen molar-refractivity contribution in [3.63, 3.8) is 0 Å². The molecule has 0 bridgehead atoms. The molecular formula is C12H23N3O. The maximum Gasteiger partial charge on any atom is 0.228 e. The fourth-order valence-electron chi connectivity index (χ4n) is 1.33. The monoisotopic (exact) mass is 225 g/mol. The van der Waals surface area contributed by atoms with Crippen molar-refractivity contribution >= 4 is 0 Å². The summed E-state index contributed by atoms with van der Waals surface area (Å²) < 4.78 is 5.18. The van der Waals surface area contributed by atoms with Gasteiger partial charge in [-0.25, -0.2) is 0 Å². The van der Waals surface area contributed by atoms with E-state index in [1.54, 1.807) is 0 Å². The molecule has 0 saturated carbocycles. The second-order valence-corrected chi connectivity index (χ2v) is 5.15. The molecule has 0 amide bonds. The summed E-state index contributed by atoms with van der Waals surface area (Å²) in [6, 6.07) is 0.0957. The van der Waals surface area contributed by atoms with Crippen molar-refractivity contribution in [3.8, 4) is 0 Å². The number of aromatic nitrogens is 2. The van der Waals surface area contributed by atoms with Gasteiger partial charge >= 0.3 is 0 Å². The first-order chi connectivity index (χ1) is 7.49. The SMILES string of the molecule is CC(C)CCc1noc(CC(N)C(C)C)n1. The Morgan fingerprint density at radius 2 is 1.94 bits per heavy atom. The van der Waals surface area contributed by atoms with Gasteiger partial charge in [0.1, 0.15) is 0 Å². The zero-order chi connectivity index (χ0) is 12.1. The highest BCUT2D eigenvalue weighted by Crippen LogP contribution is 2.09. The molecular weight excluding hydrogens is 202 g/mol. The molecule has 1 unspecified atom stereocenters. The first-order valence-electron chi connectivity index (χ1n) is 6.06. The summed E-state index contributed by atoms with van der Waals surface area (Å²) in [4.78, 5) is 4.35. The molecule has 16 heavy (non-hydrogen) atoms. The molecule has 0 spiro atoms. The maximum atomic E-state index is 5.95. The Morgan fingerprint density at radius 1 is 1.25 bits per heavy atom. The van der Waals surface area contributed by atoms with Gasteiger partial charge in [0.25, 0.3) is 0 Å². The quantitative estimate of drug-likeness (QED) is 0.806. The third-order valence-electron chi connectivity index (χ3n) is 2.72. The van der Waals surface area contributed by atoms with Crippen LogP contribution in [0.3, 0.4) is 0 Å². The Hall–Kier alpha value is -0.900. The molecule has 1 rings (SSSR count). The topological polar surface area (TPSA) is 64.9 Å². The number of nitrogens with two attached hydrogens (primary N) is 1. The van der Waals surface area contributed by atoms with Crippen molar-refractivity contribution in [1.29, 1.82) is 0 Å². The van der Waals surface area contributed by atoms with Crippen LogP contribution in [0.1, 0.15) is 45.8 Å². The van der Waals surface area contributed by atoms with Gasteiger partial charge in [-0.1, -0.05) is 32.9 Å². The van der Waals surface area contributed by atoms with Crippen LogP contribution in [0.2, 0.25) is 0 Å². The van der Waals surface area contributed by atoms with Crippen LogP contribution in [0.15, 0.2) is 4.52 Å². The highest BCUT2D eigenvalue weighted by Gasteiger charge is 2.13. The van der Waals surface area contributed by atoms with Crippen LogP contribution in [0, 0.1) is 11.8 Å². The molecule has 0 fully saturated rings. The molecule has 1 aromatic rings. The van der Waals surface area contributed by atoms with E-state index in [1.807, 2.05) is 0 Å². The molecule has 1 heterocycles. The number of rotatable bonds is 6. The van der Waals surface area contributed by atoms with Crippen molar-refractivity contribution in [2.45, 2.75) is 53.0 Å². The molecule has 4 nitrogen and oxygen atoms in total. The van der Waals surface area contributed by atoms with E-state index in [2.05, 4.69) is 37.8 Å². The molecule has 1 aromatic heterocycles. The summed E-state index contributed by atoms with van der Waals surface area (Å²) in [5, 5.41) is 3.96. The lowest BCUT2D eigenvalue weighted by Gasteiger charge is -2.11. The highest BCUT2D eigenvalue weighted by molar-refractivity contribution is 4.90. The molecule has 0 radical (unpaired) electrons. The Bertz CT molecular complexity index is 307. The van der Waals surface area contributed by atoms with Crippen molar-refractivity contribution < 1.29 is 4.52 Å². The average molecular weight is 225 g/mol. The van der Waals surface area contributed by atoms with Crippen LogP contribution >= 0.6 is 0 Å². The van der Waals surface area contributed by atoms with Gasteiger partial charge in [0, 0.05) is 18.9 Å². The molecule has 4 heteroatoms. The van der Waals surface area contributed by atoms with Gasteiger partial charge in [0.15, 0.2) is 5.82 Å². The fourth-order valence-corrected chi connectivity index (χ4v) is 1.33. The third-order valence-corrected chi connectivity index (χ3v) is 2.72. The summed E-state index contributed by atoms with van der Waals surface area (Å²) >= 11 is 0. The normalized spacial score (nSPS) is 13.7. The predicted octanol–water partition coefficient (Wildman–Crippen LogP) is 2.18. The third kappa shape index (κ3) is 4.31. The van der Waals surface area contributed by atoms with Gasteiger partial charge < -0.3 is 10.3 Å². The van der Waals surface area contributed by atoms with Crippen LogP contribution in [-0.4, -0.2) is 16.2 Å². The first kappa shape index (κ1) is 13.2. The maximum absolute atomic E-state index is 5.95. The lowest BCUT2D eigenvalue weighted by Crippen LogP contribution is -2.28. The van der Waals surface area contributed by atoms with Gasteiger partial charge in [0.2, 0.25) is 5.89 Å². The molecule has 0 aliphatic heterocycles. The minimum Gasteiger partial charge on any atom is -0.339 e. The van der Waals surface area contributed by atoms with E-state index in [9.17, 15) is 0 Å². The Morgan fingerprint density at radius 3 is 2.50 bits per heavy atom. The lowest BCUT2D eigenvalue weighted by atomic mass is 10.0. The molecule has 0 saturated heterocycles. The van der Waals surface area contributed by atoms with Crippen LogP contribution < -0.4 is 5.73 Å². The lowest BCUT2D eigenvalue weighted by molar-refractivity contribution is 0.348. The van der Waals surface area contributed by atoms with E-state index in [1.165, 1.54) is 0 Å². The van der Waals surface area contributed by atoms with Gasteiger partial charge in [-0.15, -0.1) is 0 Å². The zero-order valence-corrected chi connectivity index (χ0v) is 10.7. The summed E-state index contributed by atoms with van der Waals surface area (Å²) in [5.41, 5.74) is 5.95. The minimum atomic E-state index is 0.0957. The van der Waals surface area contributed by atoms with Crippen molar-refractivity contribution in [2.24, 2.45) is 17.6 Å². The van der Waals surface area contributed by atoms with Crippen molar-refractivity contribution in [1.82, 2.24) is 10.1 Å². The van der Waals surface area contributed by atoms with Crippen molar-refractivity contribution in [3.05, 3.63) is 11.7 Å². The van der Waals surface area contributed by atoms with E-state index in [0.29, 0.717) is 24.1 Å². The van der Waals surface area contributed by atoms with E-state index in [4.69, 9.17) is 10.3 Å². The number of hydrogen-bond acceptors (Lipinski definition) is 4. The van der Waals surface area contributed by atoms with Gasteiger partial charge in [0.05, 0.1) is 0 Å². The van der Waals surface area contributed by atoms with Crippen LogP contribution in [-0.2, 0) is 12.8 Å². The van der Waals surface area contributed by atoms with Crippen LogP contribution in [0.4, 0.5) is 0 Å². The number of hydrogen-bond donors (Lipinski definition) is 1. The van der Waals surface area contributed by atoms with E-state index < -0.39 is 0 Å². The Balaban J connectivity index is 2.45. The molecule has 2 N–H and O–H groups in total. The summed E-state index contributed by atoms with van der Waals surface area (Å²) in [5.74, 6) is 2.57. The van der Waals surface area contributed by atoms with Gasteiger partial charge in [-0.3, -0.25) is 0 Å². The average Bonchev–Trinajstić information content (AvgIpc) is 2.62. The van der Waals surface area contributed by atoms with Gasteiger partial charge in [-0.05, 0) is 18.3 Å². The summed E-state index contributed by atoms with van der Waals surface area (Å²) in [6.45, 7) is 8.58. The molecule has 0 aromatic carbocycles. The molecule has 0 aliphatic carbocycles. The number of aryl methyl sites for hydroxylation is 1. The Kier molecular flexibility index (Phi) is 4.93. The van der Waals surface area contributed by atoms with Crippen LogP contribution in [0.25, 0.3) is 0 Å². The zero-order valence-electron chi connectivity index (χ0n) is 10.7. The summed E-state index contributed by atoms with van der Waals surface area (Å²) in [7, 11) is 0. The van der Waals surface area contributed by atoms with E-state index in [-0.39, 0.29) is 6.04 Å². The molecule has 0 aliphatic rings.